The van der Waals surface area contributed by atoms with Crippen LogP contribution in [-0.4, -0.2) is 18.9 Å². The molecule has 0 radical (unpaired) electrons. The van der Waals surface area contributed by atoms with E-state index in [1.807, 2.05) is 18.2 Å². The SMILES string of the molecule is CC(=O)c1cc(N2CCC(C(C)C)CC2)ccc1N. The van der Waals surface area contributed by atoms with Gasteiger partial charge in [-0.05, 0) is 49.8 Å². The number of anilines is 2. The van der Waals surface area contributed by atoms with Gasteiger partial charge in [0, 0.05) is 30.0 Å². The van der Waals surface area contributed by atoms with Gasteiger partial charge in [0.15, 0.2) is 5.78 Å². The summed E-state index contributed by atoms with van der Waals surface area (Å²) in [5, 5.41) is 0. The van der Waals surface area contributed by atoms with Crippen molar-refractivity contribution in [2.24, 2.45) is 11.8 Å². The maximum absolute atomic E-state index is 11.5. The number of Topliss-reactive ketones (excluding diaryl/α,β-unsaturated/α-hetero) is 1. The highest BCUT2D eigenvalue weighted by atomic mass is 16.1. The average molecular weight is 260 g/mol. The molecule has 0 atom stereocenters. The summed E-state index contributed by atoms with van der Waals surface area (Å²) in [6.45, 7) is 8.32. The van der Waals surface area contributed by atoms with Crippen molar-refractivity contribution in [2.45, 2.75) is 33.6 Å². The highest BCUT2D eigenvalue weighted by molar-refractivity contribution is 6.00. The first-order valence-corrected chi connectivity index (χ1v) is 7.14. The number of nitrogens with zero attached hydrogens (tertiary/aromatic N) is 1. The Morgan fingerprint density at radius 1 is 1.32 bits per heavy atom. The zero-order valence-corrected chi connectivity index (χ0v) is 12.1. The van der Waals surface area contributed by atoms with Crippen LogP contribution >= 0.6 is 0 Å². The number of rotatable bonds is 3. The van der Waals surface area contributed by atoms with E-state index < -0.39 is 0 Å². The molecule has 3 nitrogen and oxygen atoms in total. The molecule has 1 aromatic rings. The Morgan fingerprint density at radius 3 is 2.47 bits per heavy atom. The molecule has 104 valence electrons. The van der Waals surface area contributed by atoms with Gasteiger partial charge in [0.2, 0.25) is 0 Å². The van der Waals surface area contributed by atoms with Crippen LogP contribution in [0.3, 0.4) is 0 Å². The topological polar surface area (TPSA) is 46.3 Å². The van der Waals surface area contributed by atoms with E-state index in [1.165, 1.54) is 12.8 Å². The van der Waals surface area contributed by atoms with Crippen molar-refractivity contribution in [1.82, 2.24) is 0 Å². The lowest BCUT2D eigenvalue weighted by molar-refractivity contribution is 0.101. The van der Waals surface area contributed by atoms with Crippen LogP contribution in [0, 0.1) is 11.8 Å². The third-order valence-corrected chi connectivity index (χ3v) is 4.26. The molecule has 0 saturated carbocycles. The molecule has 0 bridgehead atoms. The molecule has 3 heteroatoms. The second kappa shape index (κ2) is 5.64. The zero-order chi connectivity index (χ0) is 14.0. The van der Waals surface area contributed by atoms with Crippen LogP contribution < -0.4 is 10.6 Å². The van der Waals surface area contributed by atoms with Gasteiger partial charge >= 0.3 is 0 Å². The maximum atomic E-state index is 11.5. The van der Waals surface area contributed by atoms with Gasteiger partial charge in [-0.3, -0.25) is 4.79 Å². The molecule has 0 amide bonds. The van der Waals surface area contributed by atoms with Gasteiger partial charge in [-0.1, -0.05) is 13.8 Å². The van der Waals surface area contributed by atoms with Crippen molar-refractivity contribution in [1.29, 1.82) is 0 Å². The van der Waals surface area contributed by atoms with E-state index in [4.69, 9.17) is 5.73 Å². The van der Waals surface area contributed by atoms with Gasteiger partial charge in [0.1, 0.15) is 0 Å². The van der Waals surface area contributed by atoms with E-state index in [0.717, 1.165) is 30.6 Å². The molecule has 0 aliphatic carbocycles. The molecule has 1 heterocycles. The lowest BCUT2D eigenvalue weighted by atomic mass is 9.86. The van der Waals surface area contributed by atoms with Crippen LogP contribution in [0.2, 0.25) is 0 Å². The molecule has 19 heavy (non-hydrogen) atoms. The molecule has 0 unspecified atom stereocenters. The van der Waals surface area contributed by atoms with Gasteiger partial charge < -0.3 is 10.6 Å². The fraction of sp³-hybridized carbons (Fsp3) is 0.562. The Morgan fingerprint density at radius 2 is 1.95 bits per heavy atom. The summed E-state index contributed by atoms with van der Waals surface area (Å²) in [6.07, 6.45) is 2.47. The first-order chi connectivity index (χ1) is 8.99. The minimum absolute atomic E-state index is 0.0383. The summed E-state index contributed by atoms with van der Waals surface area (Å²) < 4.78 is 0. The van der Waals surface area contributed by atoms with Crippen LogP contribution in [0.5, 0.6) is 0 Å². The van der Waals surface area contributed by atoms with E-state index in [9.17, 15) is 4.79 Å². The molecule has 1 aliphatic rings. The summed E-state index contributed by atoms with van der Waals surface area (Å²) in [5.41, 5.74) is 8.19. The second-order valence-corrected chi connectivity index (χ2v) is 5.90. The number of nitrogens with two attached hydrogens (primary N) is 1. The Kier molecular flexibility index (Phi) is 4.13. The molecule has 2 N–H and O–H groups in total. The smallest absolute Gasteiger partial charge is 0.161 e. The lowest BCUT2D eigenvalue weighted by Gasteiger charge is -2.35. The number of hydrogen-bond acceptors (Lipinski definition) is 3. The maximum Gasteiger partial charge on any atom is 0.161 e. The number of hydrogen-bond donors (Lipinski definition) is 1. The van der Waals surface area contributed by atoms with E-state index in [2.05, 4.69) is 18.7 Å². The monoisotopic (exact) mass is 260 g/mol. The first-order valence-electron chi connectivity index (χ1n) is 7.14. The third kappa shape index (κ3) is 3.09. The number of benzene rings is 1. The summed E-state index contributed by atoms with van der Waals surface area (Å²) in [6, 6.07) is 5.81. The van der Waals surface area contributed by atoms with Crippen molar-refractivity contribution in [3.63, 3.8) is 0 Å². The van der Waals surface area contributed by atoms with Gasteiger partial charge in [-0.25, -0.2) is 0 Å². The van der Waals surface area contributed by atoms with Crippen LogP contribution in [0.1, 0.15) is 44.0 Å². The van der Waals surface area contributed by atoms with Crippen molar-refractivity contribution < 1.29 is 4.79 Å². The number of nitrogen functional groups attached to an aromatic ring is 1. The van der Waals surface area contributed by atoms with Gasteiger partial charge in [-0.2, -0.15) is 0 Å². The van der Waals surface area contributed by atoms with E-state index in [1.54, 1.807) is 6.92 Å². The quantitative estimate of drug-likeness (QED) is 0.669. The fourth-order valence-electron chi connectivity index (χ4n) is 2.87. The van der Waals surface area contributed by atoms with Gasteiger partial charge in [-0.15, -0.1) is 0 Å². The van der Waals surface area contributed by atoms with Gasteiger partial charge in [0.05, 0.1) is 0 Å². The van der Waals surface area contributed by atoms with Crippen molar-refractivity contribution in [3.8, 4) is 0 Å². The van der Waals surface area contributed by atoms with Crippen molar-refractivity contribution >= 4 is 17.2 Å². The van der Waals surface area contributed by atoms with Crippen LogP contribution in [0.25, 0.3) is 0 Å². The van der Waals surface area contributed by atoms with Crippen molar-refractivity contribution in [2.75, 3.05) is 23.7 Å². The van der Waals surface area contributed by atoms with Crippen molar-refractivity contribution in [3.05, 3.63) is 23.8 Å². The Labute approximate surface area is 115 Å². The summed E-state index contributed by atoms with van der Waals surface area (Å²) in [7, 11) is 0. The van der Waals surface area contributed by atoms with Gasteiger partial charge in [0.25, 0.3) is 0 Å². The Bertz CT molecular complexity index is 460. The average Bonchev–Trinajstić information content (AvgIpc) is 2.39. The Hall–Kier alpha value is -1.51. The number of carbonyl (C=O) groups excluding carboxylic acids is 1. The largest absolute Gasteiger partial charge is 0.398 e. The molecule has 1 aliphatic heterocycles. The van der Waals surface area contributed by atoms with E-state index in [0.29, 0.717) is 11.3 Å². The molecule has 0 spiro atoms. The highest BCUT2D eigenvalue weighted by Crippen LogP contribution is 2.29. The van der Waals surface area contributed by atoms with Crippen LogP contribution in [0.15, 0.2) is 18.2 Å². The van der Waals surface area contributed by atoms with E-state index >= 15 is 0 Å². The molecule has 2 rings (SSSR count). The molecule has 0 aromatic heterocycles. The number of ketones is 1. The number of carbonyl (C=O) groups is 1. The molecule has 1 saturated heterocycles. The first kappa shape index (κ1) is 13.9. The summed E-state index contributed by atoms with van der Waals surface area (Å²) in [4.78, 5) is 13.9. The minimum atomic E-state index is 0.0383. The predicted octanol–water partition coefficient (Wildman–Crippen LogP) is 3.34. The predicted molar refractivity (Wildman–Crippen MR) is 80.6 cm³/mol. The molecule has 1 fully saturated rings. The third-order valence-electron chi connectivity index (χ3n) is 4.26. The summed E-state index contributed by atoms with van der Waals surface area (Å²) in [5.74, 6) is 1.63. The van der Waals surface area contributed by atoms with Crippen LogP contribution in [0.4, 0.5) is 11.4 Å². The standard InChI is InChI=1S/C16H24N2O/c1-11(2)13-6-8-18(9-7-13)14-4-5-16(17)15(10-14)12(3)19/h4-5,10-11,13H,6-9,17H2,1-3H3. The summed E-state index contributed by atoms with van der Waals surface area (Å²) >= 11 is 0. The molecular weight excluding hydrogens is 236 g/mol. The minimum Gasteiger partial charge on any atom is -0.398 e. The lowest BCUT2D eigenvalue weighted by Crippen LogP contribution is -2.35. The second-order valence-electron chi connectivity index (χ2n) is 5.90. The zero-order valence-electron chi connectivity index (χ0n) is 12.1. The normalized spacial score (nSPS) is 16.9. The molecular formula is C16H24N2O. The Balaban J connectivity index is 2.12. The highest BCUT2D eigenvalue weighted by Gasteiger charge is 2.22. The number of piperidine rings is 1. The fourth-order valence-corrected chi connectivity index (χ4v) is 2.87. The molecule has 1 aromatic carbocycles. The van der Waals surface area contributed by atoms with Crippen LogP contribution in [-0.2, 0) is 0 Å². The van der Waals surface area contributed by atoms with E-state index in [-0.39, 0.29) is 5.78 Å².